The molecule has 0 saturated heterocycles. The summed E-state index contributed by atoms with van der Waals surface area (Å²) in [5, 5.41) is 4.06. The van der Waals surface area contributed by atoms with Crippen LogP contribution in [-0.2, 0) is 13.0 Å². The first-order valence-corrected chi connectivity index (χ1v) is 2.89. The van der Waals surface area contributed by atoms with Crippen molar-refractivity contribution >= 4 is 0 Å². The number of fused-ring (bicyclic) bond motifs is 1. The molecule has 1 aliphatic heterocycles. The molecule has 2 heteroatoms. The predicted molar refractivity (Wildman–Crippen MR) is 29.4 cm³/mol. The van der Waals surface area contributed by atoms with Crippen molar-refractivity contribution < 1.29 is 0 Å². The Bertz CT molecular complexity index is 172. The Labute approximate surface area is 48.1 Å². The summed E-state index contributed by atoms with van der Waals surface area (Å²) < 4.78 is 2.01. The van der Waals surface area contributed by atoms with Crippen molar-refractivity contribution in [2.24, 2.45) is 0 Å². The van der Waals surface area contributed by atoms with Crippen LogP contribution >= 0.6 is 0 Å². The summed E-state index contributed by atoms with van der Waals surface area (Å²) in [6.45, 7) is 1.10. The van der Waals surface area contributed by atoms with E-state index in [9.17, 15) is 0 Å². The van der Waals surface area contributed by atoms with Crippen molar-refractivity contribution in [3.8, 4) is 0 Å². The van der Waals surface area contributed by atoms with Gasteiger partial charge in [-0.2, -0.15) is 5.10 Å². The second-order valence-corrected chi connectivity index (χ2v) is 2.06. The van der Waals surface area contributed by atoms with Gasteiger partial charge in [-0.25, -0.2) is 0 Å². The molecule has 2 heterocycles. The van der Waals surface area contributed by atoms with Gasteiger partial charge in [0, 0.05) is 18.3 Å². The largest absolute Gasteiger partial charge is 0.269 e. The molecule has 0 aliphatic carbocycles. The third-order valence-electron chi connectivity index (χ3n) is 1.52. The van der Waals surface area contributed by atoms with Crippen molar-refractivity contribution in [3.05, 3.63) is 18.0 Å². The normalized spacial score (nSPS) is 16.5. The highest BCUT2D eigenvalue weighted by atomic mass is 15.3. The first-order chi connectivity index (χ1) is 3.97. The Morgan fingerprint density at radius 3 is 3.62 bits per heavy atom. The number of aromatic nitrogens is 2. The summed E-state index contributed by atoms with van der Waals surface area (Å²) in [5.74, 6) is 0. The number of nitrogens with zero attached hydrogens (tertiary/aromatic N) is 2. The van der Waals surface area contributed by atoms with E-state index in [1.54, 1.807) is 6.20 Å². The molecule has 1 aromatic heterocycles. The van der Waals surface area contributed by atoms with Gasteiger partial charge in [-0.05, 0) is 12.8 Å². The van der Waals surface area contributed by atoms with Gasteiger partial charge in [0.15, 0.2) is 0 Å². The van der Waals surface area contributed by atoms with Crippen LogP contribution in [0.1, 0.15) is 12.1 Å². The lowest BCUT2D eigenvalue weighted by Crippen LogP contribution is -1.92. The first kappa shape index (κ1) is 4.13. The Morgan fingerprint density at radius 1 is 1.75 bits per heavy atom. The standard InChI is InChI=1S/C6H7N2/c1-2-6-3-4-7-8(6)5-1/h4H,1-2,5H2. The molecule has 1 aromatic rings. The molecular formula is C6H7N2. The van der Waals surface area contributed by atoms with E-state index < -0.39 is 0 Å². The minimum Gasteiger partial charge on any atom is -0.269 e. The molecule has 1 aliphatic rings. The number of rotatable bonds is 0. The van der Waals surface area contributed by atoms with E-state index in [4.69, 9.17) is 0 Å². The fourth-order valence-electron chi connectivity index (χ4n) is 1.11. The molecule has 2 rings (SSSR count). The van der Waals surface area contributed by atoms with E-state index in [0.29, 0.717) is 0 Å². The summed E-state index contributed by atoms with van der Waals surface area (Å²) in [5.41, 5.74) is 1.27. The summed E-state index contributed by atoms with van der Waals surface area (Å²) in [6, 6.07) is 3.07. The second kappa shape index (κ2) is 1.34. The highest BCUT2D eigenvalue weighted by Crippen LogP contribution is 2.10. The average Bonchev–Trinajstić information content (AvgIpc) is 2.15. The third kappa shape index (κ3) is 0.399. The molecule has 0 fully saturated rings. The monoisotopic (exact) mass is 107 g/mol. The third-order valence-corrected chi connectivity index (χ3v) is 1.52. The summed E-state index contributed by atoms with van der Waals surface area (Å²) >= 11 is 0. The van der Waals surface area contributed by atoms with Crippen LogP contribution in [0.5, 0.6) is 0 Å². The lowest BCUT2D eigenvalue weighted by Gasteiger charge is -1.87. The number of hydrogen-bond donors (Lipinski definition) is 0. The fourth-order valence-corrected chi connectivity index (χ4v) is 1.11. The van der Waals surface area contributed by atoms with Gasteiger partial charge in [-0.1, -0.05) is 0 Å². The minimum atomic E-state index is 1.10. The molecule has 0 N–H and O–H groups in total. The van der Waals surface area contributed by atoms with Gasteiger partial charge in [0.25, 0.3) is 0 Å². The van der Waals surface area contributed by atoms with Crippen molar-refractivity contribution in [1.82, 2.24) is 9.78 Å². The highest BCUT2D eigenvalue weighted by molar-refractivity contribution is 5.01. The SMILES string of the molecule is [c]1cnn2c1CCC2. The van der Waals surface area contributed by atoms with Crippen LogP contribution in [0.2, 0.25) is 0 Å². The first-order valence-electron chi connectivity index (χ1n) is 2.89. The van der Waals surface area contributed by atoms with Crippen LogP contribution in [0, 0.1) is 6.07 Å². The lowest BCUT2D eigenvalue weighted by atomic mass is 10.3. The van der Waals surface area contributed by atoms with Crippen molar-refractivity contribution in [2.45, 2.75) is 19.4 Å². The molecule has 0 atom stereocenters. The molecule has 0 amide bonds. The van der Waals surface area contributed by atoms with Gasteiger partial charge in [-0.3, -0.25) is 4.68 Å². The summed E-state index contributed by atoms with van der Waals surface area (Å²) in [6.07, 6.45) is 4.16. The molecule has 0 spiro atoms. The van der Waals surface area contributed by atoms with Crippen LogP contribution < -0.4 is 0 Å². The zero-order chi connectivity index (χ0) is 5.40. The summed E-state index contributed by atoms with van der Waals surface area (Å²) in [7, 11) is 0. The molecule has 1 radical (unpaired) electrons. The van der Waals surface area contributed by atoms with Gasteiger partial charge in [0.1, 0.15) is 0 Å². The van der Waals surface area contributed by atoms with Gasteiger partial charge in [0.2, 0.25) is 0 Å². The van der Waals surface area contributed by atoms with Crippen LogP contribution in [0.15, 0.2) is 6.20 Å². The molecule has 0 saturated carbocycles. The van der Waals surface area contributed by atoms with Crippen LogP contribution in [0.25, 0.3) is 0 Å². The Kier molecular flexibility index (Phi) is 0.692. The van der Waals surface area contributed by atoms with E-state index >= 15 is 0 Å². The molecule has 8 heavy (non-hydrogen) atoms. The zero-order valence-corrected chi connectivity index (χ0v) is 4.59. The summed E-state index contributed by atoms with van der Waals surface area (Å²) in [4.78, 5) is 0. The van der Waals surface area contributed by atoms with E-state index in [-0.39, 0.29) is 0 Å². The van der Waals surface area contributed by atoms with Gasteiger partial charge >= 0.3 is 0 Å². The molecule has 0 aromatic carbocycles. The van der Waals surface area contributed by atoms with Crippen molar-refractivity contribution in [3.63, 3.8) is 0 Å². The molecule has 2 nitrogen and oxygen atoms in total. The topological polar surface area (TPSA) is 17.8 Å². The number of hydrogen-bond acceptors (Lipinski definition) is 1. The van der Waals surface area contributed by atoms with Gasteiger partial charge in [-0.15, -0.1) is 0 Å². The zero-order valence-electron chi connectivity index (χ0n) is 4.59. The molecule has 41 valence electrons. The van der Waals surface area contributed by atoms with Gasteiger partial charge in [0.05, 0.1) is 6.20 Å². The Hall–Kier alpha value is -0.790. The lowest BCUT2D eigenvalue weighted by molar-refractivity contribution is 0.656. The predicted octanol–water partition coefficient (Wildman–Crippen LogP) is 0.629. The van der Waals surface area contributed by atoms with Crippen molar-refractivity contribution in [1.29, 1.82) is 0 Å². The second-order valence-electron chi connectivity index (χ2n) is 2.06. The number of aryl methyl sites for hydroxylation is 2. The quantitative estimate of drug-likeness (QED) is 0.475. The maximum absolute atomic E-state index is 4.06. The van der Waals surface area contributed by atoms with E-state index in [2.05, 4.69) is 11.2 Å². The van der Waals surface area contributed by atoms with Gasteiger partial charge < -0.3 is 0 Å². The van der Waals surface area contributed by atoms with Crippen LogP contribution in [0.3, 0.4) is 0 Å². The van der Waals surface area contributed by atoms with Crippen LogP contribution in [-0.4, -0.2) is 9.78 Å². The van der Waals surface area contributed by atoms with E-state index in [1.807, 2.05) is 4.68 Å². The maximum Gasteiger partial charge on any atom is 0.0572 e. The van der Waals surface area contributed by atoms with E-state index in [0.717, 1.165) is 6.54 Å². The fraction of sp³-hybridized carbons (Fsp3) is 0.500. The Morgan fingerprint density at radius 2 is 2.75 bits per heavy atom. The highest BCUT2D eigenvalue weighted by Gasteiger charge is 2.08. The minimum absolute atomic E-state index is 1.10. The van der Waals surface area contributed by atoms with Crippen LogP contribution in [0.4, 0.5) is 0 Å². The Balaban J connectivity index is 2.54. The molecule has 0 bridgehead atoms. The van der Waals surface area contributed by atoms with Crippen molar-refractivity contribution in [2.75, 3.05) is 0 Å². The molecule has 0 unspecified atom stereocenters. The molecular weight excluding hydrogens is 100 g/mol. The smallest absolute Gasteiger partial charge is 0.0572 e. The maximum atomic E-state index is 4.06. The average molecular weight is 107 g/mol. The van der Waals surface area contributed by atoms with E-state index in [1.165, 1.54) is 18.5 Å².